The van der Waals surface area contributed by atoms with Crippen molar-refractivity contribution in [1.29, 1.82) is 0 Å². The Kier molecular flexibility index (Phi) is 6.25. The lowest BCUT2D eigenvalue weighted by Gasteiger charge is -2.26. The molecule has 0 aliphatic carbocycles. The number of likely N-dealkylation sites (tertiary alicyclic amines) is 1. The van der Waals surface area contributed by atoms with Crippen molar-refractivity contribution < 1.29 is 14.6 Å². The Morgan fingerprint density at radius 1 is 1.24 bits per heavy atom. The molecule has 1 aromatic heterocycles. The molecule has 0 bridgehead atoms. The van der Waals surface area contributed by atoms with Gasteiger partial charge in [0, 0.05) is 12.6 Å². The summed E-state index contributed by atoms with van der Waals surface area (Å²) in [7, 11) is 0. The van der Waals surface area contributed by atoms with Crippen molar-refractivity contribution in [2.24, 2.45) is 0 Å². The Morgan fingerprint density at radius 3 is 2.68 bits per heavy atom. The van der Waals surface area contributed by atoms with Crippen LogP contribution in [0.25, 0.3) is 0 Å². The minimum Gasteiger partial charge on any atom is -0.494 e. The van der Waals surface area contributed by atoms with Crippen molar-refractivity contribution in [2.75, 3.05) is 26.3 Å². The highest BCUT2D eigenvalue weighted by Gasteiger charge is 2.26. The highest BCUT2D eigenvalue weighted by molar-refractivity contribution is 5.31. The molecule has 1 fully saturated rings. The summed E-state index contributed by atoms with van der Waals surface area (Å²) in [4.78, 5) is 6.30. The second kappa shape index (κ2) is 8.82. The van der Waals surface area contributed by atoms with Gasteiger partial charge in [-0.25, -0.2) is 4.98 Å². The summed E-state index contributed by atoms with van der Waals surface area (Å²) < 4.78 is 13.0. The molecule has 7 heteroatoms. The molecule has 1 aliphatic heterocycles. The Bertz CT molecular complexity index is 618. The van der Waals surface area contributed by atoms with Crippen LogP contribution in [-0.2, 0) is 6.54 Å². The molecule has 1 saturated heterocycles. The van der Waals surface area contributed by atoms with Crippen LogP contribution in [0.5, 0.6) is 11.5 Å². The van der Waals surface area contributed by atoms with E-state index in [1.54, 1.807) is 12.7 Å². The zero-order valence-corrected chi connectivity index (χ0v) is 14.6. The van der Waals surface area contributed by atoms with Gasteiger partial charge in [-0.05, 0) is 50.6 Å². The average molecular weight is 346 g/mol. The molecule has 2 heterocycles. The number of nitrogens with zero attached hydrogens (tertiary/aromatic N) is 4. The number of benzene rings is 1. The van der Waals surface area contributed by atoms with Crippen LogP contribution in [0.2, 0.25) is 0 Å². The fraction of sp³-hybridized carbons (Fsp3) is 0.556. The Morgan fingerprint density at radius 2 is 2.00 bits per heavy atom. The molecule has 7 nitrogen and oxygen atoms in total. The number of ether oxygens (including phenoxy) is 2. The first-order valence-corrected chi connectivity index (χ1v) is 8.84. The van der Waals surface area contributed by atoms with Gasteiger partial charge in [-0.15, -0.1) is 0 Å². The van der Waals surface area contributed by atoms with E-state index in [1.165, 1.54) is 0 Å². The molecule has 2 aromatic rings. The number of aromatic nitrogens is 3. The quantitative estimate of drug-likeness (QED) is 0.743. The first kappa shape index (κ1) is 17.7. The summed E-state index contributed by atoms with van der Waals surface area (Å²) in [5.41, 5.74) is 0. The molecule has 25 heavy (non-hydrogen) atoms. The second-order valence-corrected chi connectivity index (χ2v) is 6.28. The van der Waals surface area contributed by atoms with Crippen molar-refractivity contribution in [3.8, 4) is 11.5 Å². The van der Waals surface area contributed by atoms with Gasteiger partial charge in [0.15, 0.2) is 0 Å². The topological polar surface area (TPSA) is 72.6 Å². The van der Waals surface area contributed by atoms with E-state index in [1.807, 2.05) is 35.9 Å². The van der Waals surface area contributed by atoms with Crippen LogP contribution in [0.1, 0.15) is 19.8 Å². The van der Waals surface area contributed by atoms with Gasteiger partial charge in [0.25, 0.3) is 0 Å². The highest BCUT2D eigenvalue weighted by Crippen LogP contribution is 2.20. The molecular formula is C18H26N4O3. The second-order valence-electron chi connectivity index (χ2n) is 6.28. The molecule has 0 spiro atoms. The number of β-amino-alcohol motifs (C(OH)–C–C–N with tert-alkyl or cyclic N) is 1. The Hall–Kier alpha value is -2.12. The maximum atomic E-state index is 10.3. The average Bonchev–Trinajstić information content (AvgIpc) is 3.28. The Labute approximate surface area is 148 Å². The van der Waals surface area contributed by atoms with Crippen LogP contribution in [-0.4, -0.2) is 63.2 Å². The van der Waals surface area contributed by atoms with Crippen molar-refractivity contribution in [1.82, 2.24) is 19.7 Å². The SMILES string of the molecule is CCOc1ccc(OC[C@H](O)CN2CCC[C@@H]2Cn2cncn2)cc1. The molecule has 0 radical (unpaired) electrons. The normalized spacial score (nSPS) is 19.0. The fourth-order valence-corrected chi connectivity index (χ4v) is 3.20. The van der Waals surface area contributed by atoms with E-state index < -0.39 is 6.10 Å². The smallest absolute Gasteiger partial charge is 0.137 e. The predicted octanol–water partition coefficient (Wildman–Crippen LogP) is 1.58. The number of aliphatic hydroxyl groups excluding tert-OH is 1. The van der Waals surface area contributed by atoms with E-state index in [9.17, 15) is 5.11 Å². The number of rotatable bonds is 9. The van der Waals surface area contributed by atoms with Crippen LogP contribution in [0, 0.1) is 0 Å². The van der Waals surface area contributed by atoms with Crippen molar-refractivity contribution in [2.45, 2.75) is 38.5 Å². The molecule has 1 N–H and O–H groups in total. The van der Waals surface area contributed by atoms with E-state index in [0.717, 1.165) is 37.4 Å². The first-order valence-electron chi connectivity index (χ1n) is 8.84. The van der Waals surface area contributed by atoms with Crippen LogP contribution in [0.15, 0.2) is 36.9 Å². The molecule has 0 saturated carbocycles. The first-order chi connectivity index (χ1) is 12.2. The zero-order chi connectivity index (χ0) is 17.5. The highest BCUT2D eigenvalue weighted by atomic mass is 16.5. The summed E-state index contributed by atoms with van der Waals surface area (Å²) in [6.45, 7) is 5.29. The summed E-state index contributed by atoms with van der Waals surface area (Å²) in [5.74, 6) is 1.56. The number of aliphatic hydroxyl groups is 1. The van der Waals surface area contributed by atoms with Gasteiger partial charge in [-0.1, -0.05) is 0 Å². The zero-order valence-electron chi connectivity index (χ0n) is 14.6. The van der Waals surface area contributed by atoms with Gasteiger partial charge in [0.1, 0.15) is 36.9 Å². The van der Waals surface area contributed by atoms with Gasteiger partial charge < -0.3 is 14.6 Å². The molecule has 1 aliphatic rings. The molecule has 0 amide bonds. The van der Waals surface area contributed by atoms with E-state index >= 15 is 0 Å². The van der Waals surface area contributed by atoms with E-state index in [4.69, 9.17) is 9.47 Å². The maximum Gasteiger partial charge on any atom is 0.137 e. The summed E-state index contributed by atoms with van der Waals surface area (Å²) >= 11 is 0. The third kappa shape index (κ3) is 5.17. The van der Waals surface area contributed by atoms with Crippen molar-refractivity contribution in [3.05, 3.63) is 36.9 Å². The van der Waals surface area contributed by atoms with Gasteiger partial charge in [0.2, 0.25) is 0 Å². The molecule has 2 atom stereocenters. The van der Waals surface area contributed by atoms with Crippen LogP contribution in [0.4, 0.5) is 0 Å². The lowest BCUT2D eigenvalue weighted by Crippen LogP contribution is -2.40. The third-order valence-electron chi connectivity index (χ3n) is 4.39. The van der Waals surface area contributed by atoms with Crippen molar-refractivity contribution >= 4 is 0 Å². The fourth-order valence-electron chi connectivity index (χ4n) is 3.20. The van der Waals surface area contributed by atoms with Gasteiger partial charge in [0.05, 0.1) is 13.2 Å². The van der Waals surface area contributed by atoms with Gasteiger partial charge >= 0.3 is 0 Å². The van der Waals surface area contributed by atoms with E-state index in [-0.39, 0.29) is 6.61 Å². The summed E-state index contributed by atoms with van der Waals surface area (Å²) in [5, 5.41) is 14.5. The van der Waals surface area contributed by atoms with Gasteiger partial charge in [-0.3, -0.25) is 9.58 Å². The molecule has 1 aromatic carbocycles. The van der Waals surface area contributed by atoms with E-state index in [0.29, 0.717) is 19.2 Å². The van der Waals surface area contributed by atoms with Crippen LogP contribution < -0.4 is 9.47 Å². The van der Waals surface area contributed by atoms with Crippen LogP contribution >= 0.6 is 0 Å². The Balaban J connectivity index is 1.44. The largest absolute Gasteiger partial charge is 0.494 e. The lowest BCUT2D eigenvalue weighted by molar-refractivity contribution is 0.0609. The number of hydrogen-bond donors (Lipinski definition) is 1. The summed E-state index contributed by atoms with van der Waals surface area (Å²) in [6.07, 6.45) is 5.03. The minimum atomic E-state index is -0.525. The summed E-state index contributed by atoms with van der Waals surface area (Å²) in [6, 6.07) is 7.86. The molecule has 3 rings (SSSR count). The number of hydrogen-bond acceptors (Lipinski definition) is 6. The molecule has 0 unspecified atom stereocenters. The maximum absolute atomic E-state index is 10.3. The standard InChI is InChI=1S/C18H26N4O3/c1-2-24-17-5-7-18(8-6-17)25-12-16(23)11-21-9-3-4-15(21)10-22-14-19-13-20-22/h5-8,13-16,23H,2-4,9-12H2,1H3/t15-,16-/m1/s1. The predicted molar refractivity (Wildman–Crippen MR) is 93.7 cm³/mol. The van der Waals surface area contributed by atoms with E-state index in [2.05, 4.69) is 15.0 Å². The monoisotopic (exact) mass is 346 g/mol. The molecular weight excluding hydrogens is 320 g/mol. The van der Waals surface area contributed by atoms with Crippen molar-refractivity contribution in [3.63, 3.8) is 0 Å². The lowest BCUT2D eigenvalue weighted by atomic mass is 10.2. The molecule has 136 valence electrons. The third-order valence-corrected chi connectivity index (χ3v) is 4.39. The minimum absolute atomic E-state index is 0.278. The van der Waals surface area contributed by atoms with Crippen LogP contribution in [0.3, 0.4) is 0 Å². The van der Waals surface area contributed by atoms with Gasteiger partial charge in [-0.2, -0.15) is 5.10 Å².